The normalized spacial score (nSPS) is 10.8. The third-order valence-electron chi connectivity index (χ3n) is 2.95. The lowest BCUT2D eigenvalue weighted by molar-refractivity contribution is 0.282. The first-order valence-corrected chi connectivity index (χ1v) is 6.22. The maximum absolute atomic E-state index is 9.05. The number of halogens is 1. The molecule has 2 nitrogen and oxygen atoms in total. The van der Waals surface area contributed by atoms with Gasteiger partial charge in [-0.1, -0.05) is 44.4 Å². The van der Waals surface area contributed by atoms with Gasteiger partial charge in [0.2, 0.25) is 0 Å². The van der Waals surface area contributed by atoms with Crippen LogP contribution in [0.3, 0.4) is 0 Å². The summed E-state index contributed by atoms with van der Waals surface area (Å²) in [5.41, 5.74) is 1.80. The Morgan fingerprint density at radius 1 is 1.31 bits per heavy atom. The summed E-state index contributed by atoms with van der Waals surface area (Å²) in [5, 5.41) is 13.1. The Hall–Kier alpha value is -0.730. The molecule has 0 atom stereocenters. The molecule has 0 amide bonds. The fourth-order valence-corrected chi connectivity index (χ4v) is 1.82. The first kappa shape index (κ1) is 13.3. The number of hydrogen-bond acceptors (Lipinski definition) is 2. The van der Waals surface area contributed by atoms with Crippen LogP contribution in [0.4, 0.5) is 5.69 Å². The van der Waals surface area contributed by atoms with Crippen LogP contribution in [0, 0.1) is 5.92 Å². The molecule has 0 spiro atoms. The Morgan fingerprint density at radius 2 is 2.00 bits per heavy atom. The number of rotatable bonds is 6. The third kappa shape index (κ3) is 3.69. The van der Waals surface area contributed by atoms with Gasteiger partial charge in [0.05, 0.1) is 17.3 Å². The van der Waals surface area contributed by atoms with Crippen molar-refractivity contribution in [2.75, 3.05) is 11.9 Å². The molecule has 0 aliphatic carbocycles. The second kappa shape index (κ2) is 6.77. The molecule has 0 aliphatic rings. The Balaban J connectivity index is 2.65. The fraction of sp³-hybridized carbons (Fsp3) is 0.538. The molecule has 1 rings (SSSR count). The lowest BCUT2D eigenvalue weighted by Gasteiger charge is -2.15. The SMILES string of the molecule is CCC(CC)CNc1cc(CO)ccc1Cl. The molecule has 1 aromatic carbocycles. The summed E-state index contributed by atoms with van der Waals surface area (Å²) in [6.07, 6.45) is 2.33. The molecule has 0 fully saturated rings. The number of aliphatic hydroxyl groups excluding tert-OH is 1. The van der Waals surface area contributed by atoms with Crippen LogP contribution < -0.4 is 5.32 Å². The molecule has 1 aromatic rings. The van der Waals surface area contributed by atoms with Crippen molar-refractivity contribution >= 4 is 17.3 Å². The van der Waals surface area contributed by atoms with Crippen molar-refractivity contribution in [3.05, 3.63) is 28.8 Å². The third-order valence-corrected chi connectivity index (χ3v) is 3.28. The van der Waals surface area contributed by atoms with Crippen LogP contribution in [-0.4, -0.2) is 11.7 Å². The zero-order valence-electron chi connectivity index (χ0n) is 9.96. The van der Waals surface area contributed by atoms with Gasteiger partial charge in [0.25, 0.3) is 0 Å². The fourth-order valence-electron chi connectivity index (χ4n) is 1.64. The summed E-state index contributed by atoms with van der Waals surface area (Å²) >= 11 is 6.08. The van der Waals surface area contributed by atoms with Gasteiger partial charge < -0.3 is 10.4 Å². The first-order chi connectivity index (χ1) is 7.71. The molecule has 0 saturated heterocycles. The lowest BCUT2D eigenvalue weighted by atomic mass is 10.0. The summed E-state index contributed by atoms with van der Waals surface area (Å²) in [7, 11) is 0. The molecule has 0 bridgehead atoms. The molecule has 3 heteroatoms. The highest BCUT2D eigenvalue weighted by Gasteiger charge is 2.05. The lowest BCUT2D eigenvalue weighted by Crippen LogP contribution is -2.13. The highest BCUT2D eigenvalue weighted by molar-refractivity contribution is 6.33. The molecule has 0 aromatic heterocycles. The van der Waals surface area contributed by atoms with Crippen molar-refractivity contribution in [3.63, 3.8) is 0 Å². The van der Waals surface area contributed by atoms with Crippen LogP contribution in [0.5, 0.6) is 0 Å². The zero-order valence-corrected chi connectivity index (χ0v) is 10.7. The highest BCUT2D eigenvalue weighted by Crippen LogP contribution is 2.23. The molecular formula is C13H20ClNO. The topological polar surface area (TPSA) is 32.3 Å². The number of benzene rings is 1. The standard InChI is InChI=1S/C13H20ClNO/c1-3-10(4-2)8-15-13-7-11(9-16)5-6-12(13)14/h5-7,10,15-16H,3-4,8-9H2,1-2H3. The largest absolute Gasteiger partial charge is 0.392 e. The maximum Gasteiger partial charge on any atom is 0.0682 e. The maximum atomic E-state index is 9.05. The van der Waals surface area contributed by atoms with Gasteiger partial charge in [0.1, 0.15) is 0 Å². The zero-order chi connectivity index (χ0) is 12.0. The Labute approximate surface area is 103 Å². The van der Waals surface area contributed by atoms with E-state index in [1.165, 1.54) is 12.8 Å². The average Bonchev–Trinajstić information content (AvgIpc) is 2.32. The van der Waals surface area contributed by atoms with Crippen molar-refractivity contribution < 1.29 is 5.11 Å². The summed E-state index contributed by atoms with van der Waals surface area (Å²) < 4.78 is 0. The molecule has 0 unspecified atom stereocenters. The molecule has 2 N–H and O–H groups in total. The molecule has 90 valence electrons. The van der Waals surface area contributed by atoms with E-state index in [1.54, 1.807) is 0 Å². The van der Waals surface area contributed by atoms with E-state index in [9.17, 15) is 0 Å². The van der Waals surface area contributed by atoms with Gasteiger partial charge in [0, 0.05) is 6.54 Å². The molecule has 16 heavy (non-hydrogen) atoms. The predicted octanol–water partition coefficient (Wildman–Crippen LogP) is 3.68. The summed E-state index contributed by atoms with van der Waals surface area (Å²) in [4.78, 5) is 0. The monoisotopic (exact) mass is 241 g/mol. The van der Waals surface area contributed by atoms with E-state index in [4.69, 9.17) is 16.7 Å². The minimum Gasteiger partial charge on any atom is -0.392 e. The van der Waals surface area contributed by atoms with Crippen molar-refractivity contribution in [3.8, 4) is 0 Å². The van der Waals surface area contributed by atoms with Crippen molar-refractivity contribution in [2.24, 2.45) is 5.92 Å². The minimum atomic E-state index is 0.0524. The van der Waals surface area contributed by atoms with Crippen LogP contribution in [0.15, 0.2) is 18.2 Å². The molecule has 0 radical (unpaired) electrons. The van der Waals surface area contributed by atoms with Gasteiger partial charge >= 0.3 is 0 Å². The van der Waals surface area contributed by atoms with Gasteiger partial charge in [-0.05, 0) is 23.6 Å². The van der Waals surface area contributed by atoms with E-state index in [1.807, 2.05) is 18.2 Å². The second-order valence-electron chi connectivity index (χ2n) is 4.04. The van der Waals surface area contributed by atoms with Crippen LogP contribution in [-0.2, 0) is 6.61 Å². The Bertz CT molecular complexity index is 324. The molecule has 0 aliphatic heterocycles. The minimum absolute atomic E-state index is 0.0524. The molecule has 0 saturated carbocycles. The number of hydrogen-bond donors (Lipinski definition) is 2. The predicted molar refractivity (Wildman–Crippen MR) is 69.9 cm³/mol. The van der Waals surface area contributed by atoms with E-state index in [0.717, 1.165) is 17.8 Å². The quantitative estimate of drug-likeness (QED) is 0.796. The first-order valence-electron chi connectivity index (χ1n) is 5.84. The van der Waals surface area contributed by atoms with Crippen LogP contribution in [0.2, 0.25) is 5.02 Å². The Morgan fingerprint density at radius 3 is 2.56 bits per heavy atom. The van der Waals surface area contributed by atoms with E-state index >= 15 is 0 Å². The van der Waals surface area contributed by atoms with E-state index in [2.05, 4.69) is 19.2 Å². The van der Waals surface area contributed by atoms with Crippen molar-refractivity contribution in [2.45, 2.75) is 33.3 Å². The van der Waals surface area contributed by atoms with Gasteiger partial charge in [-0.3, -0.25) is 0 Å². The van der Waals surface area contributed by atoms with Crippen LogP contribution in [0.25, 0.3) is 0 Å². The van der Waals surface area contributed by atoms with E-state index < -0.39 is 0 Å². The van der Waals surface area contributed by atoms with Gasteiger partial charge in [-0.2, -0.15) is 0 Å². The summed E-state index contributed by atoms with van der Waals surface area (Å²) in [6.45, 7) is 5.38. The van der Waals surface area contributed by atoms with Crippen molar-refractivity contribution in [1.29, 1.82) is 0 Å². The van der Waals surface area contributed by atoms with E-state index in [-0.39, 0.29) is 6.61 Å². The van der Waals surface area contributed by atoms with Crippen molar-refractivity contribution in [1.82, 2.24) is 0 Å². The molecular weight excluding hydrogens is 222 g/mol. The number of anilines is 1. The van der Waals surface area contributed by atoms with E-state index in [0.29, 0.717) is 10.9 Å². The molecule has 0 heterocycles. The summed E-state index contributed by atoms with van der Waals surface area (Å²) in [5.74, 6) is 0.675. The van der Waals surface area contributed by atoms with Crippen LogP contribution >= 0.6 is 11.6 Å². The average molecular weight is 242 g/mol. The summed E-state index contributed by atoms with van der Waals surface area (Å²) in [6, 6.07) is 5.57. The number of aliphatic hydroxyl groups is 1. The van der Waals surface area contributed by atoms with Gasteiger partial charge in [-0.25, -0.2) is 0 Å². The second-order valence-corrected chi connectivity index (χ2v) is 4.44. The number of nitrogens with one attached hydrogen (secondary N) is 1. The van der Waals surface area contributed by atoms with Gasteiger partial charge in [-0.15, -0.1) is 0 Å². The smallest absolute Gasteiger partial charge is 0.0682 e. The van der Waals surface area contributed by atoms with Crippen LogP contribution in [0.1, 0.15) is 32.3 Å². The Kier molecular flexibility index (Phi) is 5.64. The van der Waals surface area contributed by atoms with Gasteiger partial charge in [0.15, 0.2) is 0 Å². The highest BCUT2D eigenvalue weighted by atomic mass is 35.5.